The minimum absolute atomic E-state index is 0.175. The summed E-state index contributed by atoms with van der Waals surface area (Å²) in [5.74, 6) is 0.294. The van der Waals surface area contributed by atoms with Gasteiger partial charge in [0, 0.05) is 6.42 Å². The predicted octanol–water partition coefficient (Wildman–Crippen LogP) is 5.07. The van der Waals surface area contributed by atoms with E-state index < -0.39 is 5.60 Å². The van der Waals surface area contributed by atoms with E-state index in [0.29, 0.717) is 13.0 Å². The molecule has 0 aliphatic rings. The highest BCUT2D eigenvalue weighted by Gasteiger charge is 2.15. The number of rotatable bonds is 7. The zero-order chi connectivity index (χ0) is 18.3. The second-order valence-electron chi connectivity index (χ2n) is 7.01. The summed E-state index contributed by atoms with van der Waals surface area (Å²) in [4.78, 5) is 11.7. The van der Waals surface area contributed by atoms with E-state index in [1.54, 1.807) is 6.07 Å². The number of esters is 1. The molecule has 0 saturated heterocycles. The molecular formula is C21H25FO3. The van der Waals surface area contributed by atoms with Gasteiger partial charge in [-0.2, -0.15) is 0 Å². The zero-order valence-corrected chi connectivity index (χ0v) is 15.0. The molecule has 2 aromatic carbocycles. The maximum absolute atomic E-state index is 13.2. The van der Waals surface area contributed by atoms with Crippen LogP contribution in [0.1, 0.15) is 44.7 Å². The van der Waals surface area contributed by atoms with Crippen LogP contribution in [0.4, 0.5) is 4.39 Å². The Labute approximate surface area is 148 Å². The van der Waals surface area contributed by atoms with E-state index >= 15 is 0 Å². The summed E-state index contributed by atoms with van der Waals surface area (Å²) in [5, 5.41) is 0. The van der Waals surface area contributed by atoms with Crippen molar-refractivity contribution in [2.24, 2.45) is 0 Å². The Morgan fingerprint density at radius 1 is 1.04 bits per heavy atom. The molecule has 0 saturated carbocycles. The number of benzene rings is 2. The number of aryl methyl sites for hydroxylation is 1. The third-order valence-electron chi connectivity index (χ3n) is 3.46. The SMILES string of the molecule is CC(C)(C)OC(=O)CCCc1cccc(OCc2cccc(F)c2)c1. The van der Waals surface area contributed by atoms with Crippen LogP contribution in [0.2, 0.25) is 0 Å². The van der Waals surface area contributed by atoms with Gasteiger partial charge in [-0.05, 0) is 69.0 Å². The summed E-state index contributed by atoms with van der Waals surface area (Å²) in [6.45, 7) is 5.91. The lowest BCUT2D eigenvalue weighted by Gasteiger charge is -2.19. The molecule has 0 spiro atoms. The van der Waals surface area contributed by atoms with Crippen molar-refractivity contribution in [2.45, 2.75) is 52.2 Å². The van der Waals surface area contributed by atoms with Crippen LogP contribution in [-0.2, 0) is 22.6 Å². The summed E-state index contributed by atoms with van der Waals surface area (Å²) in [6.07, 6.45) is 1.89. The van der Waals surface area contributed by atoms with Crippen LogP contribution >= 0.6 is 0 Å². The van der Waals surface area contributed by atoms with Crippen molar-refractivity contribution in [3.05, 3.63) is 65.5 Å². The molecular weight excluding hydrogens is 319 g/mol. The largest absolute Gasteiger partial charge is 0.489 e. The molecule has 0 radical (unpaired) electrons. The van der Waals surface area contributed by atoms with Crippen molar-refractivity contribution < 1.29 is 18.7 Å². The second-order valence-corrected chi connectivity index (χ2v) is 7.01. The monoisotopic (exact) mass is 344 g/mol. The summed E-state index contributed by atoms with van der Waals surface area (Å²) >= 11 is 0. The Hall–Kier alpha value is -2.36. The van der Waals surface area contributed by atoms with E-state index in [9.17, 15) is 9.18 Å². The summed E-state index contributed by atoms with van der Waals surface area (Å²) < 4.78 is 24.2. The van der Waals surface area contributed by atoms with Gasteiger partial charge in [0.1, 0.15) is 23.8 Å². The Morgan fingerprint density at radius 2 is 1.76 bits per heavy atom. The van der Waals surface area contributed by atoms with Gasteiger partial charge in [0.05, 0.1) is 0 Å². The second kappa shape index (κ2) is 8.65. The summed E-state index contributed by atoms with van der Waals surface area (Å²) in [5.41, 5.74) is 1.44. The number of ether oxygens (including phenoxy) is 2. The molecule has 0 atom stereocenters. The number of carbonyl (C=O) groups excluding carboxylic acids is 1. The van der Waals surface area contributed by atoms with Gasteiger partial charge in [-0.3, -0.25) is 4.79 Å². The van der Waals surface area contributed by atoms with Crippen molar-refractivity contribution in [3.63, 3.8) is 0 Å². The molecule has 0 N–H and O–H groups in total. The molecule has 0 aromatic heterocycles. The van der Waals surface area contributed by atoms with Crippen molar-refractivity contribution >= 4 is 5.97 Å². The van der Waals surface area contributed by atoms with Crippen LogP contribution in [0.15, 0.2) is 48.5 Å². The Balaban J connectivity index is 1.81. The fourth-order valence-corrected chi connectivity index (χ4v) is 2.41. The quantitative estimate of drug-likeness (QED) is 0.658. The Morgan fingerprint density at radius 3 is 2.48 bits per heavy atom. The molecule has 25 heavy (non-hydrogen) atoms. The fraction of sp³-hybridized carbons (Fsp3) is 0.381. The molecule has 2 aromatic rings. The first-order valence-corrected chi connectivity index (χ1v) is 8.50. The molecule has 0 amide bonds. The minimum atomic E-state index is -0.443. The lowest BCUT2D eigenvalue weighted by molar-refractivity contribution is -0.154. The maximum atomic E-state index is 13.2. The smallest absolute Gasteiger partial charge is 0.306 e. The highest BCUT2D eigenvalue weighted by atomic mass is 19.1. The van der Waals surface area contributed by atoms with E-state index in [1.807, 2.05) is 51.1 Å². The van der Waals surface area contributed by atoms with Crippen molar-refractivity contribution in [2.75, 3.05) is 0 Å². The lowest BCUT2D eigenvalue weighted by Crippen LogP contribution is -2.23. The lowest BCUT2D eigenvalue weighted by atomic mass is 10.1. The van der Waals surface area contributed by atoms with Gasteiger partial charge < -0.3 is 9.47 Å². The van der Waals surface area contributed by atoms with Crippen LogP contribution in [0.3, 0.4) is 0 Å². The van der Waals surface area contributed by atoms with Gasteiger partial charge >= 0.3 is 5.97 Å². The zero-order valence-electron chi connectivity index (χ0n) is 15.0. The summed E-state index contributed by atoms with van der Waals surface area (Å²) in [7, 11) is 0. The standard InChI is InChI=1S/C21H25FO3/c1-21(2,3)25-20(23)12-6-8-16-7-5-11-19(14-16)24-15-17-9-4-10-18(22)13-17/h4-5,7,9-11,13-14H,6,8,12,15H2,1-3H3. The maximum Gasteiger partial charge on any atom is 0.306 e. The Bertz CT molecular complexity index is 704. The van der Waals surface area contributed by atoms with E-state index in [1.165, 1.54) is 12.1 Å². The van der Waals surface area contributed by atoms with Gasteiger partial charge in [0.25, 0.3) is 0 Å². The minimum Gasteiger partial charge on any atom is -0.489 e. The van der Waals surface area contributed by atoms with Crippen LogP contribution in [0.25, 0.3) is 0 Å². The highest BCUT2D eigenvalue weighted by Crippen LogP contribution is 2.18. The van der Waals surface area contributed by atoms with Crippen LogP contribution in [0, 0.1) is 5.82 Å². The first-order valence-electron chi connectivity index (χ1n) is 8.50. The first-order chi connectivity index (χ1) is 11.8. The predicted molar refractivity (Wildman–Crippen MR) is 96.0 cm³/mol. The topological polar surface area (TPSA) is 35.5 Å². The summed E-state index contributed by atoms with van der Waals surface area (Å²) in [6, 6.07) is 14.1. The van der Waals surface area contributed by atoms with Crippen molar-refractivity contribution in [3.8, 4) is 5.75 Å². The molecule has 0 fully saturated rings. The Kier molecular flexibility index (Phi) is 6.57. The number of halogens is 1. The number of carbonyl (C=O) groups is 1. The molecule has 0 bridgehead atoms. The average Bonchev–Trinajstić information content (AvgIpc) is 2.52. The molecule has 3 nitrogen and oxygen atoms in total. The van der Waals surface area contributed by atoms with Gasteiger partial charge in [0.15, 0.2) is 0 Å². The molecule has 0 aliphatic carbocycles. The van der Waals surface area contributed by atoms with Gasteiger partial charge in [-0.15, -0.1) is 0 Å². The van der Waals surface area contributed by atoms with Crippen molar-refractivity contribution in [1.29, 1.82) is 0 Å². The van der Waals surface area contributed by atoms with Gasteiger partial charge in [-0.1, -0.05) is 24.3 Å². The molecule has 0 heterocycles. The third-order valence-corrected chi connectivity index (χ3v) is 3.46. The normalized spacial score (nSPS) is 11.2. The molecule has 2 rings (SSSR count). The molecule has 4 heteroatoms. The van der Waals surface area contributed by atoms with Crippen LogP contribution < -0.4 is 4.74 Å². The van der Waals surface area contributed by atoms with E-state index in [-0.39, 0.29) is 11.8 Å². The van der Waals surface area contributed by atoms with Gasteiger partial charge in [0.2, 0.25) is 0 Å². The van der Waals surface area contributed by atoms with Crippen LogP contribution in [0.5, 0.6) is 5.75 Å². The fourth-order valence-electron chi connectivity index (χ4n) is 2.41. The molecule has 0 unspecified atom stereocenters. The molecule has 134 valence electrons. The van der Waals surface area contributed by atoms with Crippen molar-refractivity contribution in [1.82, 2.24) is 0 Å². The number of hydrogen-bond donors (Lipinski definition) is 0. The highest BCUT2D eigenvalue weighted by molar-refractivity contribution is 5.69. The third kappa shape index (κ3) is 7.38. The van der Waals surface area contributed by atoms with Crippen LogP contribution in [-0.4, -0.2) is 11.6 Å². The van der Waals surface area contributed by atoms with E-state index in [2.05, 4.69) is 0 Å². The molecule has 0 aliphatic heterocycles. The van der Waals surface area contributed by atoms with E-state index in [4.69, 9.17) is 9.47 Å². The van der Waals surface area contributed by atoms with Gasteiger partial charge in [-0.25, -0.2) is 4.39 Å². The number of hydrogen-bond acceptors (Lipinski definition) is 3. The average molecular weight is 344 g/mol. The van der Waals surface area contributed by atoms with E-state index in [0.717, 1.165) is 29.7 Å². The first kappa shape index (κ1) is 19.0.